The number of thiol groups is 2. The summed E-state index contributed by atoms with van der Waals surface area (Å²) >= 11 is 8.87. The Morgan fingerprint density at radius 3 is 2.17 bits per heavy atom. The predicted molar refractivity (Wildman–Crippen MR) is 74.0 cm³/mol. The van der Waals surface area contributed by atoms with Crippen molar-refractivity contribution in [2.75, 3.05) is 0 Å². The molecule has 0 nitrogen and oxygen atoms in total. The molecule has 0 N–H and O–H groups in total. The molecule has 0 unspecified atom stereocenters. The van der Waals surface area contributed by atoms with E-state index in [1.54, 1.807) is 0 Å². The number of alkyl halides is 3. The molecule has 0 aromatic heterocycles. The SMILES string of the molecule is FC(F)(F)c1ccc(C2=CCCC(S)(S)C2)cc1. The summed E-state index contributed by atoms with van der Waals surface area (Å²) in [7, 11) is 0. The fourth-order valence-corrected chi connectivity index (χ4v) is 2.64. The van der Waals surface area contributed by atoms with E-state index in [9.17, 15) is 13.2 Å². The highest BCUT2D eigenvalue weighted by Gasteiger charge is 2.30. The van der Waals surface area contributed by atoms with Gasteiger partial charge < -0.3 is 0 Å². The Hall–Kier alpha value is -0.550. The molecule has 0 fully saturated rings. The monoisotopic (exact) mass is 290 g/mol. The summed E-state index contributed by atoms with van der Waals surface area (Å²) < 4.78 is 37.0. The average Bonchev–Trinajstić information content (AvgIpc) is 2.27. The van der Waals surface area contributed by atoms with Crippen LogP contribution in [-0.2, 0) is 6.18 Å². The van der Waals surface area contributed by atoms with Gasteiger partial charge in [-0.1, -0.05) is 18.2 Å². The first-order valence-corrected chi connectivity index (χ1v) is 6.49. The largest absolute Gasteiger partial charge is 0.416 e. The van der Waals surface area contributed by atoms with Crippen LogP contribution in [0, 0.1) is 0 Å². The second kappa shape index (κ2) is 4.85. The van der Waals surface area contributed by atoms with E-state index in [0.717, 1.165) is 36.1 Å². The van der Waals surface area contributed by atoms with Crippen molar-refractivity contribution in [1.82, 2.24) is 0 Å². The Balaban J connectivity index is 2.23. The lowest BCUT2D eigenvalue weighted by atomic mass is 9.92. The zero-order valence-corrected chi connectivity index (χ0v) is 11.3. The van der Waals surface area contributed by atoms with Crippen LogP contribution in [0.1, 0.15) is 30.4 Å². The second-order valence-electron chi connectivity index (χ2n) is 4.50. The summed E-state index contributed by atoms with van der Waals surface area (Å²) in [6.45, 7) is 0. The van der Waals surface area contributed by atoms with Gasteiger partial charge in [0.25, 0.3) is 0 Å². The van der Waals surface area contributed by atoms with Gasteiger partial charge in [0.15, 0.2) is 0 Å². The van der Waals surface area contributed by atoms with Gasteiger partial charge in [-0.2, -0.15) is 38.4 Å². The summed E-state index contributed by atoms with van der Waals surface area (Å²) in [6.07, 6.45) is 0.140. The fourth-order valence-electron chi connectivity index (χ4n) is 2.04. The molecule has 1 aliphatic rings. The van der Waals surface area contributed by atoms with E-state index in [1.165, 1.54) is 12.1 Å². The van der Waals surface area contributed by atoms with Crippen molar-refractivity contribution < 1.29 is 13.2 Å². The topological polar surface area (TPSA) is 0 Å². The van der Waals surface area contributed by atoms with Crippen molar-refractivity contribution in [2.24, 2.45) is 0 Å². The standard InChI is InChI=1S/C13H13F3S2/c14-13(15,16)11-5-3-9(4-6-11)10-2-1-7-12(17,18)8-10/h2-6,17-18H,1,7-8H2. The lowest BCUT2D eigenvalue weighted by molar-refractivity contribution is -0.137. The number of allylic oxidation sites excluding steroid dienone is 2. The summed E-state index contributed by atoms with van der Waals surface area (Å²) in [5, 5.41) is 0. The van der Waals surface area contributed by atoms with Crippen LogP contribution in [0.4, 0.5) is 13.2 Å². The van der Waals surface area contributed by atoms with Gasteiger partial charge in [0, 0.05) is 0 Å². The van der Waals surface area contributed by atoms with Gasteiger partial charge in [-0.3, -0.25) is 0 Å². The normalized spacial score (nSPS) is 19.5. The molecule has 0 spiro atoms. The van der Waals surface area contributed by atoms with Crippen molar-refractivity contribution in [3.8, 4) is 0 Å². The zero-order valence-electron chi connectivity index (χ0n) is 9.54. The lowest BCUT2D eigenvalue weighted by Crippen LogP contribution is -2.17. The molecule has 0 radical (unpaired) electrons. The molecule has 0 aliphatic heterocycles. The third kappa shape index (κ3) is 3.26. The molecule has 0 atom stereocenters. The van der Waals surface area contributed by atoms with E-state index in [2.05, 4.69) is 25.3 Å². The van der Waals surface area contributed by atoms with E-state index in [4.69, 9.17) is 0 Å². The van der Waals surface area contributed by atoms with Crippen LogP contribution < -0.4 is 0 Å². The van der Waals surface area contributed by atoms with Crippen LogP contribution in [0.2, 0.25) is 0 Å². The Bertz CT molecular complexity index is 458. The molecule has 0 amide bonds. The highest BCUT2D eigenvalue weighted by atomic mass is 32.2. The number of hydrogen-bond donors (Lipinski definition) is 2. The number of benzene rings is 1. The van der Waals surface area contributed by atoms with Crippen LogP contribution in [0.3, 0.4) is 0 Å². The van der Waals surface area contributed by atoms with Crippen LogP contribution >= 0.6 is 25.3 Å². The minimum Gasteiger partial charge on any atom is -0.166 e. The van der Waals surface area contributed by atoms with Crippen molar-refractivity contribution in [2.45, 2.75) is 29.5 Å². The quantitative estimate of drug-likeness (QED) is 0.537. The Morgan fingerprint density at radius 1 is 1.06 bits per heavy atom. The van der Waals surface area contributed by atoms with Crippen molar-refractivity contribution in [3.63, 3.8) is 0 Å². The third-order valence-corrected chi connectivity index (χ3v) is 3.76. The van der Waals surface area contributed by atoms with Gasteiger partial charge in [0.05, 0.1) is 9.64 Å². The van der Waals surface area contributed by atoms with E-state index in [-0.39, 0.29) is 4.08 Å². The number of rotatable bonds is 1. The van der Waals surface area contributed by atoms with Crippen LogP contribution in [0.5, 0.6) is 0 Å². The van der Waals surface area contributed by atoms with Crippen LogP contribution in [0.25, 0.3) is 5.57 Å². The minimum atomic E-state index is -4.28. The second-order valence-corrected chi connectivity index (χ2v) is 6.57. The van der Waals surface area contributed by atoms with Crippen molar-refractivity contribution in [3.05, 3.63) is 41.5 Å². The van der Waals surface area contributed by atoms with Gasteiger partial charge >= 0.3 is 6.18 Å². The van der Waals surface area contributed by atoms with Gasteiger partial charge in [-0.25, -0.2) is 0 Å². The molecule has 18 heavy (non-hydrogen) atoms. The molecule has 98 valence electrons. The molecule has 1 aliphatic carbocycles. The van der Waals surface area contributed by atoms with Gasteiger partial charge in [0.1, 0.15) is 0 Å². The van der Waals surface area contributed by atoms with E-state index < -0.39 is 11.7 Å². The molecule has 0 bridgehead atoms. The first-order valence-electron chi connectivity index (χ1n) is 5.59. The highest BCUT2D eigenvalue weighted by molar-refractivity contribution is 8.00. The molecule has 1 aromatic rings. The Kier molecular flexibility index (Phi) is 3.74. The van der Waals surface area contributed by atoms with E-state index in [1.807, 2.05) is 6.08 Å². The smallest absolute Gasteiger partial charge is 0.166 e. The zero-order chi connectivity index (χ0) is 13.4. The molecular weight excluding hydrogens is 277 g/mol. The van der Waals surface area contributed by atoms with E-state index in [0.29, 0.717) is 6.42 Å². The highest BCUT2D eigenvalue weighted by Crippen LogP contribution is 2.41. The molecule has 0 saturated heterocycles. The first-order chi connectivity index (χ1) is 8.28. The van der Waals surface area contributed by atoms with Crippen molar-refractivity contribution >= 4 is 30.8 Å². The lowest BCUT2D eigenvalue weighted by Gasteiger charge is -2.28. The van der Waals surface area contributed by atoms with Gasteiger partial charge in [0.2, 0.25) is 0 Å². The van der Waals surface area contributed by atoms with Crippen molar-refractivity contribution in [1.29, 1.82) is 0 Å². The molecule has 2 rings (SSSR count). The van der Waals surface area contributed by atoms with Gasteiger partial charge in [-0.15, -0.1) is 0 Å². The maximum absolute atomic E-state index is 12.4. The Morgan fingerprint density at radius 2 is 1.67 bits per heavy atom. The minimum absolute atomic E-state index is 0.368. The average molecular weight is 290 g/mol. The molecule has 0 saturated carbocycles. The van der Waals surface area contributed by atoms with Gasteiger partial charge in [-0.05, 0) is 42.5 Å². The summed E-state index contributed by atoms with van der Waals surface area (Å²) in [6, 6.07) is 5.25. The summed E-state index contributed by atoms with van der Waals surface area (Å²) in [4.78, 5) is 0. The fraction of sp³-hybridized carbons (Fsp3) is 0.385. The number of halogens is 3. The van der Waals surface area contributed by atoms with Crippen LogP contribution in [0.15, 0.2) is 30.3 Å². The number of hydrogen-bond acceptors (Lipinski definition) is 2. The molecule has 5 heteroatoms. The first kappa shape index (κ1) is 13.9. The maximum atomic E-state index is 12.4. The maximum Gasteiger partial charge on any atom is 0.416 e. The molecular formula is C13H13F3S2. The van der Waals surface area contributed by atoms with E-state index >= 15 is 0 Å². The molecule has 1 aromatic carbocycles. The third-order valence-electron chi connectivity index (χ3n) is 2.99. The molecule has 0 heterocycles. The summed E-state index contributed by atoms with van der Waals surface area (Å²) in [5.74, 6) is 0. The summed E-state index contributed by atoms with van der Waals surface area (Å²) in [5.41, 5.74) is 1.21. The predicted octanol–water partition coefficient (Wildman–Crippen LogP) is 4.83. The Labute approximate surface area is 115 Å². The van der Waals surface area contributed by atoms with Crippen LogP contribution in [-0.4, -0.2) is 4.08 Å².